The zero-order valence-corrected chi connectivity index (χ0v) is 13.6. The minimum Gasteiger partial charge on any atom is -0.497 e. The highest BCUT2D eigenvalue weighted by Gasteiger charge is 2.36. The minimum absolute atomic E-state index is 0.638. The lowest BCUT2D eigenvalue weighted by atomic mass is 9.70. The molecule has 0 saturated heterocycles. The fourth-order valence-electron chi connectivity index (χ4n) is 3.95. The fourth-order valence-corrected chi connectivity index (χ4v) is 3.95. The Morgan fingerprint density at radius 2 is 2.00 bits per heavy atom. The average molecular weight is 275 g/mol. The van der Waals surface area contributed by atoms with E-state index >= 15 is 0 Å². The molecule has 1 aliphatic rings. The second-order valence-electron chi connectivity index (χ2n) is 6.29. The van der Waals surface area contributed by atoms with Gasteiger partial charge in [-0.05, 0) is 56.1 Å². The number of fused-ring (bicyclic) bond motifs is 1. The molecule has 3 atom stereocenters. The molecule has 3 unspecified atom stereocenters. The topological polar surface area (TPSA) is 12.5 Å². The summed E-state index contributed by atoms with van der Waals surface area (Å²) >= 11 is 0. The van der Waals surface area contributed by atoms with E-state index in [9.17, 15) is 0 Å². The van der Waals surface area contributed by atoms with Crippen LogP contribution in [0, 0.1) is 5.92 Å². The maximum Gasteiger partial charge on any atom is 0.119 e. The molecule has 112 valence electrons. The number of hydrogen-bond acceptors (Lipinski definition) is 2. The number of nitrogens with zero attached hydrogens (tertiary/aromatic N) is 1. The van der Waals surface area contributed by atoms with E-state index in [2.05, 4.69) is 51.0 Å². The molecule has 0 fully saturated rings. The van der Waals surface area contributed by atoms with Crippen LogP contribution < -0.4 is 4.74 Å². The van der Waals surface area contributed by atoms with Gasteiger partial charge < -0.3 is 9.64 Å². The van der Waals surface area contributed by atoms with E-state index in [0.29, 0.717) is 12.0 Å². The van der Waals surface area contributed by atoms with Gasteiger partial charge in [-0.25, -0.2) is 0 Å². The van der Waals surface area contributed by atoms with Crippen molar-refractivity contribution in [1.29, 1.82) is 0 Å². The van der Waals surface area contributed by atoms with Crippen LogP contribution in [0.2, 0.25) is 0 Å². The Kier molecular flexibility index (Phi) is 5.09. The van der Waals surface area contributed by atoms with Gasteiger partial charge in [0, 0.05) is 12.0 Å². The summed E-state index contributed by atoms with van der Waals surface area (Å²) in [6.07, 6.45) is 4.97. The minimum atomic E-state index is 0.638. The summed E-state index contributed by atoms with van der Waals surface area (Å²) < 4.78 is 5.44. The summed E-state index contributed by atoms with van der Waals surface area (Å²) in [5, 5.41) is 0. The first kappa shape index (κ1) is 15.4. The van der Waals surface area contributed by atoms with Gasteiger partial charge in [0.2, 0.25) is 0 Å². The molecule has 2 rings (SSSR count). The first-order valence-electron chi connectivity index (χ1n) is 7.95. The van der Waals surface area contributed by atoms with Crippen LogP contribution in [-0.2, 0) is 6.42 Å². The van der Waals surface area contributed by atoms with Crippen LogP contribution in [-0.4, -0.2) is 32.1 Å². The van der Waals surface area contributed by atoms with Crippen molar-refractivity contribution < 1.29 is 4.74 Å². The third-order valence-corrected chi connectivity index (χ3v) is 4.85. The van der Waals surface area contributed by atoms with Gasteiger partial charge in [-0.2, -0.15) is 0 Å². The average Bonchev–Trinajstić information content (AvgIpc) is 2.46. The molecule has 20 heavy (non-hydrogen) atoms. The number of rotatable bonds is 5. The third-order valence-electron chi connectivity index (χ3n) is 4.85. The molecule has 0 saturated carbocycles. The van der Waals surface area contributed by atoms with Crippen LogP contribution in [0.15, 0.2) is 18.2 Å². The van der Waals surface area contributed by atoms with Crippen LogP contribution in [0.1, 0.15) is 50.2 Å². The Morgan fingerprint density at radius 3 is 2.55 bits per heavy atom. The van der Waals surface area contributed by atoms with Crippen molar-refractivity contribution in [3.05, 3.63) is 29.3 Å². The normalized spacial score (nSPS) is 25.6. The standard InChI is InChI=1S/C18H29NO/c1-6-8-16-17-12-15(20-5)10-9-14(17)11-13(7-2)18(16)19(3)4/h9-10,12-13,16,18H,6-8,11H2,1-5H3. The van der Waals surface area contributed by atoms with Gasteiger partial charge in [-0.1, -0.05) is 32.8 Å². The SMILES string of the molecule is CCCC1c2cc(OC)ccc2CC(CC)C1N(C)C. The first-order valence-corrected chi connectivity index (χ1v) is 7.95. The zero-order chi connectivity index (χ0) is 14.7. The van der Waals surface area contributed by atoms with Crippen molar-refractivity contribution in [3.8, 4) is 5.75 Å². The lowest BCUT2D eigenvalue weighted by molar-refractivity contribution is 0.152. The monoisotopic (exact) mass is 275 g/mol. The van der Waals surface area contributed by atoms with Crippen molar-refractivity contribution in [1.82, 2.24) is 4.90 Å². The Bertz CT molecular complexity index is 441. The number of ether oxygens (including phenoxy) is 1. The maximum absolute atomic E-state index is 5.44. The molecule has 0 N–H and O–H groups in total. The van der Waals surface area contributed by atoms with Crippen molar-refractivity contribution in [2.24, 2.45) is 5.92 Å². The second-order valence-corrected chi connectivity index (χ2v) is 6.29. The Hall–Kier alpha value is -1.02. The molecular formula is C18H29NO. The lowest BCUT2D eigenvalue weighted by Crippen LogP contribution is -2.44. The Labute approximate surface area is 124 Å². The molecule has 0 aliphatic heterocycles. The van der Waals surface area contributed by atoms with Crippen molar-refractivity contribution in [2.45, 2.75) is 51.5 Å². The van der Waals surface area contributed by atoms with E-state index in [0.717, 1.165) is 11.7 Å². The molecule has 0 bridgehead atoms. The van der Waals surface area contributed by atoms with Gasteiger partial charge in [0.05, 0.1) is 7.11 Å². The molecule has 0 amide bonds. The van der Waals surface area contributed by atoms with Gasteiger partial charge in [0.15, 0.2) is 0 Å². The summed E-state index contributed by atoms with van der Waals surface area (Å²) in [6, 6.07) is 7.33. The lowest BCUT2D eigenvalue weighted by Gasteiger charge is -2.43. The quantitative estimate of drug-likeness (QED) is 0.802. The van der Waals surface area contributed by atoms with Gasteiger partial charge in [0.25, 0.3) is 0 Å². The molecule has 0 spiro atoms. The molecule has 0 heterocycles. The van der Waals surface area contributed by atoms with E-state index in [4.69, 9.17) is 4.74 Å². The van der Waals surface area contributed by atoms with E-state index in [1.54, 1.807) is 7.11 Å². The molecule has 0 aromatic heterocycles. The number of likely N-dealkylation sites (N-methyl/N-ethyl adjacent to an activating group) is 1. The van der Waals surface area contributed by atoms with Crippen LogP contribution in [0.5, 0.6) is 5.75 Å². The summed E-state index contributed by atoms with van der Waals surface area (Å²) in [7, 11) is 6.24. The molecule has 2 nitrogen and oxygen atoms in total. The van der Waals surface area contributed by atoms with Crippen LogP contribution >= 0.6 is 0 Å². The maximum atomic E-state index is 5.44. The van der Waals surface area contributed by atoms with E-state index < -0.39 is 0 Å². The Balaban J connectivity index is 2.45. The van der Waals surface area contributed by atoms with Crippen molar-refractivity contribution >= 4 is 0 Å². The fraction of sp³-hybridized carbons (Fsp3) is 0.667. The van der Waals surface area contributed by atoms with Gasteiger partial charge in [-0.3, -0.25) is 0 Å². The number of hydrogen-bond donors (Lipinski definition) is 0. The molecule has 1 aromatic rings. The van der Waals surface area contributed by atoms with Crippen LogP contribution in [0.3, 0.4) is 0 Å². The molecule has 0 radical (unpaired) electrons. The van der Waals surface area contributed by atoms with E-state index in [1.807, 2.05) is 0 Å². The van der Waals surface area contributed by atoms with Crippen molar-refractivity contribution in [3.63, 3.8) is 0 Å². The second kappa shape index (κ2) is 6.62. The van der Waals surface area contributed by atoms with Crippen LogP contribution in [0.4, 0.5) is 0 Å². The highest BCUT2D eigenvalue weighted by Crippen LogP contribution is 2.42. The van der Waals surface area contributed by atoms with Gasteiger partial charge in [0.1, 0.15) is 5.75 Å². The first-order chi connectivity index (χ1) is 9.62. The smallest absolute Gasteiger partial charge is 0.119 e. The predicted octanol–water partition coefficient (Wildman–Crippen LogP) is 4.09. The largest absolute Gasteiger partial charge is 0.497 e. The van der Waals surface area contributed by atoms with Crippen molar-refractivity contribution in [2.75, 3.05) is 21.2 Å². The highest BCUT2D eigenvalue weighted by molar-refractivity contribution is 5.41. The van der Waals surface area contributed by atoms with E-state index in [-0.39, 0.29) is 0 Å². The summed E-state index contributed by atoms with van der Waals surface area (Å²) in [5.41, 5.74) is 3.06. The molecular weight excluding hydrogens is 246 g/mol. The van der Waals surface area contributed by atoms with E-state index in [1.165, 1.54) is 36.8 Å². The number of benzene rings is 1. The van der Waals surface area contributed by atoms with Crippen LogP contribution in [0.25, 0.3) is 0 Å². The Morgan fingerprint density at radius 1 is 1.25 bits per heavy atom. The molecule has 2 heteroatoms. The highest BCUT2D eigenvalue weighted by atomic mass is 16.5. The summed E-state index contributed by atoms with van der Waals surface area (Å²) in [6.45, 7) is 4.63. The zero-order valence-electron chi connectivity index (χ0n) is 13.6. The molecule has 1 aliphatic carbocycles. The molecule has 1 aromatic carbocycles. The number of methoxy groups -OCH3 is 1. The predicted molar refractivity (Wildman–Crippen MR) is 85.6 cm³/mol. The summed E-state index contributed by atoms with van der Waals surface area (Å²) in [4.78, 5) is 2.44. The summed E-state index contributed by atoms with van der Waals surface area (Å²) in [5.74, 6) is 2.40. The van der Waals surface area contributed by atoms with Gasteiger partial charge in [-0.15, -0.1) is 0 Å². The van der Waals surface area contributed by atoms with Gasteiger partial charge >= 0.3 is 0 Å². The third kappa shape index (κ3) is 2.85.